The summed E-state index contributed by atoms with van der Waals surface area (Å²) in [4.78, 5) is 2.58. The zero-order valence-corrected chi connectivity index (χ0v) is 55.6. The van der Waals surface area contributed by atoms with E-state index in [9.17, 15) is 0 Å². The second-order valence-corrected chi connectivity index (χ2v) is 30.8. The van der Waals surface area contributed by atoms with Gasteiger partial charge in [0, 0.05) is 93.1 Å². The number of hydrogen-bond donors (Lipinski definition) is 0. The van der Waals surface area contributed by atoms with Crippen LogP contribution in [0.4, 0.5) is 17.1 Å². The van der Waals surface area contributed by atoms with Gasteiger partial charge >= 0.3 is 0 Å². The molecule has 0 amide bonds. The van der Waals surface area contributed by atoms with E-state index in [2.05, 4.69) is 289 Å². The van der Waals surface area contributed by atoms with Crippen LogP contribution >= 0.6 is 0 Å². The van der Waals surface area contributed by atoms with Crippen molar-refractivity contribution < 1.29 is 13.3 Å². The van der Waals surface area contributed by atoms with Gasteiger partial charge in [0.1, 0.15) is 33.5 Å². The molecule has 0 radical (unpaired) electrons. The molecule has 454 valence electrons. The predicted octanol–water partition coefficient (Wildman–Crippen LogP) is 25.0. The van der Waals surface area contributed by atoms with Crippen LogP contribution in [0.3, 0.4) is 0 Å². The predicted molar refractivity (Wildman–Crippen MR) is 390 cm³/mol. The van der Waals surface area contributed by atoms with Gasteiger partial charge in [0.25, 0.3) is 0 Å². The van der Waals surface area contributed by atoms with Crippen molar-refractivity contribution in [2.45, 2.75) is 117 Å². The minimum absolute atomic E-state index is 0.264. The van der Waals surface area contributed by atoms with Gasteiger partial charge in [-0.1, -0.05) is 208 Å². The molecule has 20 rings (SSSR count). The van der Waals surface area contributed by atoms with Gasteiger partial charge in [0.15, 0.2) is 0 Å². The molecule has 0 bridgehead atoms. The highest BCUT2D eigenvalue weighted by atomic mass is 16.3. The van der Waals surface area contributed by atoms with E-state index in [1.165, 1.54) is 155 Å². The summed E-state index contributed by atoms with van der Waals surface area (Å²) >= 11 is 0. The molecule has 0 saturated carbocycles. The molecule has 5 aliphatic carbocycles. The molecule has 0 atom stereocenters. The standard InChI is InChI=1S/C90H71NO3/c1-46-40-47(2)70(48(3)41-46)60-45-66-71(74-57-26-16-21-31-67(57)92-83(60)74)54-37-34-49(42-63(54)86(66,4)5)91(50-35-38-55-64(43-50)89(10,11)80-73(55)76-59-28-18-23-33-69(59)93-84(76)77-53-25-15-20-30-62(53)88(8,9)81(77)80)51-36-39-56-65(44-51)90(12,13)82-78(56)85-75(58-27-17-22-32-68(58)94-85)72-52-24-14-19-29-61(52)87(6,7)79(72)82/h14-45H,1-13H3. The van der Waals surface area contributed by atoms with E-state index < -0.39 is 16.2 Å². The molecule has 0 saturated heterocycles. The quantitative estimate of drug-likeness (QED) is 0.176. The SMILES string of the molecule is Cc1cc(C)c(-c2cc3c(c4c2oc2ccccc24)-c2ccc(N(c4ccc5c(c4)C(C)(C)c4c6c(c7c(oc8ccccc87)c4-5)-c4ccccc4C6(C)C)c4ccc5c(c4)C(C)(C)c4c6c(c7oc8ccccc8c7c4-5)-c4ccccc4C6(C)C)cc2C3(C)C)c(C)c1. The number of rotatable bonds is 4. The van der Waals surface area contributed by atoms with Crippen LogP contribution in [0.25, 0.3) is 133 Å². The maximum atomic E-state index is 7.22. The van der Waals surface area contributed by atoms with Crippen molar-refractivity contribution in [2.24, 2.45) is 0 Å². The minimum atomic E-state index is -0.417. The Morgan fingerprint density at radius 1 is 0.266 bits per heavy atom. The third-order valence-corrected chi connectivity index (χ3v) is 23.8. The molecule has 3 heterocycles. The number of para-hydroxylation sites is 3. The zero-order chi connectivity index (χ0) is 63.9. The summed E-state index contributed by atoms with van der Waals surface area (Å²) in [6.07, 6.45) is 0. The summed E-state index contributed by atoms with van der Waals surface area (Å²) in [5, 5.41) is 7.09. The van der Waals surface area contributed by atoms with E-state index >= 15 is 0 Å². The molecule has 0 spiro atoms. The lowest BCUT2D eigenvalue weighted by Crippen LogP contribution is -2.24. The highest BCUT2D eigenvalue weighted by Gasteiger charge is 2.51. The molecule has 0 fully saturated rings. The molecule has 0 aliphatic heterocycles. The van der Waals surface area contributed by atoms with Gasteiger partial charge in [0.2, 0.25) is 0 Å². The van der Waals surface area contributed by atoms with E-state index in [1.54, 1.807) is 0 Å². The van der Waals surface area contributed by atoms with Gasteiger partial charge in [-0.3, -0.25) is 0 Å². The number of aryl methyl sites for hydroxylation is 3. The molecule has 0 N–H and O–H groups in total. The lowest BCUT2D eigenvalue weighted by atomic mass is 9.72. The summed E-state index contributed by atoms with van der Waals surface area (Å²) in [7, 11) is 0. The summed E-state index contributed by atoms with van der Waals surface area (Å²) in [5.74, 6) is 0. The fourth-order valence-electron chi connectivity index (χ4n) is 19.8. The Morgan fingerprint density at radius 2 is 0.606 bits per heavy atom. The van der Waals surface area contributed by atoms with Crippen molar-refractivity contribution in [3.8, 4) is 66.8 Å². The van der Waals surface area contributed by atoms with Crippen LogP contribution in [0, 0.1) is 20.8 Å². The van der Waals surface area contributed by atoms with Gasteiger partial charge in [-0.15, -0.1) is 0 Å². The number of hydrogen-bond acceptors (Lipinski definition) is 4. The van der Waals surface area contributed by atoms with E-state index in [0.29, 0.717) is 0 Å². The van der Waals surface area contributed by atoms with E-state index in [-0.39, 0.29) is 10.8 Å². The minimum Gasteiger partial charge on any atom is -0.455 e. The summed E-state index contributed by atoms with van der Waals surface area (Å²) in [6, 6.07) is 73.4. The van der Waals surface area contributed by atoms with Crippen LogP contribution in [0.15, 0.2) is 207 Å². The highest BCUT2D eigenvalue weighted by molar-refractivity contribution is 6.23. The van der Waals surface area contributed by atoms with Crippen molar-refractivity contribution >= 4 is 82.9 Å². The molecule has 4 nitrogen and oxygen atoms in total. The number of fused-ring (bicyclic) bond motifs is 31. The van der Waals surface area contributed by atoms with Gasteiger partial charge in [-0.25, -0.2) is 0 Å². The molecular formula is C90H71NO3. The number of benzene rings is 12. The molecule has 15 aromatic rings. The first-order valence-corrected chi connectivity index (χ1v) is 33.7. The van der Waals surface area contributed by atoms with E-state index in [1.807, 2.05) is 0 Å². The lowest BCUT2D eigenvalue weighted by Gasteiger charge is -2.33. The van der Waals surface area contributed by atoms with E-state index in [0.717, 1.165) is 66.9 Å². The molecular weight excluding hydrogens is 1140 g/mol. The monoisotopic (exact) mass is 1210 g/mol. The Hall–Kier alpha value is -10.2. The third kappa shape index (κ3) is 6.46. The lowest BCUT2D eigenvalue weighted by molar-refractivity contribution is 0.600. The first-order chi connectivity index (χ1) is 45.2. The van der Waals surface area contributed by atoms with Crippen LogP contribution in [-0.4, -0.2) is 0 Å². The Kier molecular flexibility index (Phi) is 10.2. The normalized spacial score (nSPS) is 16.4. The molecule has 94 heavy (non-hydrogen) atoms. The highest BCUT2D eigenvalue weighted by Crippen LogP contribution is 2.67. The topological polar surface area (TPSA) is 42.7 Å². The Bertz CT molecular complexity index is 6030. The van der Waals surface area contributed by atoms with Gasteiger partial charge in [-0.2, -0.15) is 0 Å². The van der Waals surface area contributed by atoms with E-state index in [4.69, 9.17) is 13.3 Å². The van der Waals surface area contributed by atoms with Crippen molar-refractivity contribution in [1.29, 1.82) is 0 Å². The van der Waals surface area contributed by atoms with Crippen LogP contribution in [0.5, 0.6) is 0 Å². The van der Waals surface area contributed by atoms with Crippen LogP contribution in [-0.2, 0) is 27.1 Å². The Morgan fingerprint density at radius 3 is 1.07 bits per heavy atom. The molecule has 4 heteroatoms. The number of furan rings is 3. The molecule has 5 aliphatic rings. The van der Waals surface area contributed by atoms with Gasteiger partial charge in [-0.05, 0) is 198 Å². The van der Waals surface area contributed by atoms with Gasteiger partial charge in [0.05, 0.1) is 0 Å². The average molecular weight is 1210 g/mol. The number of anilines is 3. The second-order valence-electron chi connectivity index (χ2n) is 30.8. The summed E-state index contributed by atoms with van der Waals surface area (Å²) < 4.78 is 21.4. The zero-order valence-electron chi connectivity index (χ0n) is 55.6. The molecule has 3 aromatic heterocycles. The fourth-order valence-corrected chi connectivity index (χ4v) is 19.8. The number of nitrogens with zero attached hydrogens (tertiary/aromatic N) is 1. The van der Waals surface area contributed by atoms with Crippen LogP contribution < -0.4 is 4.90 Å². The maximum absolute atomic E-state index is 7.22. The van der Waals surface area contributed by atoms with Crippen molar-refractivity contribution in [3.05, 3.63) is 266 Å². The Labute approximate surface area is 548 Å². The summed E-state index contributed by atoms with van der Waals surface area (Å²) in [6.45, 7) is 31.2. The maximum Gasteiger partial charge on any atom is 0.144 e. The fraction of sp³-hybridized carbons (Fsp3) is 0.200. The van der Waals surface area contributed by atoms with Crippen LogP contribution in [0.1, 0.15) is 142 Å². The smallest absolute Gasteiger partial charge is 0.144 e. The van der Waals surface area contributed by atoms with Crippen molar-refractivity contribution in [3.63, 3.8) is 0 Å². The third-order valence-electron chi connectivity index (χ3n) is 23.8. The average Bonchev–Trinajstić information content (AvgIpc) is 1.51. The first-order valence-electron chi connectivity index (χ1n) is 33.7. The largest absolute Gasteiger partial charge is 0.455 e. The van der Waals surface area contributed by atoms with Crippen molar-refractivity contribution in [1.82, 2.24) is 0 Å². The van der Waals surface area contributed by atoms with Crippen LogP contribution in [0.2, 0.25) is 0 Å². The Balaban J connectivity index is 0.838. The second kappa shape index (κ2) is 17.5. The van der Waals surface area contributed by atoms with Gasteiger partial charge < -0.3 is 18.2 Å². The summed E-state index contributed by atoms with van der Waals surface area (Å²) in [5.41, 5.74) is 39.6. The van der Waals surface area contributed by atoms with Crippen molar-refractivity contribution in [2.75, 3.05) is 4.90 Å². The molecule has 0 unspecified atom stereocenters. The first kappa shape index (κ1) is 54.4. The molecule has 12 aromatic carbocycles.